The van der Waals surface area contributed by atoms with E-state index in [9.17, 15) is 0 Å². The molecule has 0 aromatic heterocycles. The summed E-state index contributed by atoms with van der Waals surface area (Å²) in [4.78, 5) is 0. The second-order valence-corrected chi connectivity index (χ2v) is 6.44. The molecule has 1 heterocycles. The van der Waals surface area contributed by atoms with Crippen LogP contribution < -0.4 is 10.1 Å². The first kappa shape index (κ1) is 13.0. The van der Waals surface area contributed by atoms with Crippen LogP contribution in [0.4, 0.5) is 0 Å². The van der Waals surface area contributed by atoms with Crippen molar-refractivity contribution in [1.29, 1.82) is 0 Å². The highest BCUT2D eigenvalue weighted by atomic mass is 16.5. The molecule has 1 aliphatic heterocycles. The first-order valence-corrected chi connectivity index (χ1v) is 7.72. The molecule has 3 rings (SSSR count). The minimum Gasteiger partial charge on any atom is -0.493 e. The van der Waals surface area contributed by atoms with Crippen molar-refractivity contribution in [3.63, 3.8) is 0 Å². The lowest BCUT2D eigenvalue weighted by atomic mass is 9.84. The van der Waals surface area contributed by atoms with E-state index in [2.05, 4.69) is 43.4 Å². The second kappa shape index (κ2) is 5.54. The fourth-order valence-corrected chi connectivity index (χ4v) is 3.59. The van der Waals surface area contributed by atoms with Gasteiger partial charge in [-0.1, -0.05) is 44.9 Å². The highest BCUT2D eigenvalue weighted by Gasteiger charge is 2.30. The zero-order chi connectivity index (χ0) is 13.2. The molecule has 1 fully saturated rings. The van der Waals surface area contributed by atoms with Crippen LogP contribution in [0.3, 0.4) is 0 Å². The predicted octanol–water partition coefficient (Wildman–Crippen LogP) is 3.92. The molecule has 0 bridgehead atoms. The Kier molecular flexibility index (Phi) is 3.79. The van der Waals surface area contributed by atoms with Gasteiger partial charge in [0.2, 0.25) is 0 Å². The number of para-hydroxylation sites is 1. The summed E-state index contributed by atoms with van der Waals surface area (Å²) >= 11 is 0. The number of ether oxygens (including phenoxy) is 1. The molecular formula is C17H25NO. The highest BCUT2D eigenvalue weighted by molar-refractivity contribution is 5.38. The van der Waals surface area contributed by atoms with Gasteiger partial charge in [0, 0.05) is 23.6 Å². The maximum Gasteiger partial charge on any atom is 0.124 e. The summed E-state index contributed by atoms with van der Waals surface area (Å²) in [6, 6.07) is 9.64. The number of hydrogen-bond acceptors (Lipinski definition) is 2. The molecule has 4 atom stereocenters. The van der Waals surface area contributed by atoms with Gasteiger partial charge in [0.15, 0.2) is 0 Å². The van der Waals surface area contributed by atoms with Crippen LogP contribution in [0.25, 0.3) is 0 Å². The Hall–Kier alpha value is -1.02. The molecule has 2 aliphatic rings. The third kappa shape index (κ3) is 2.79. The van der Waals surface area contributed by atoms with Crippen LogP contribution in [0.5, 0.6) is 5.75 Å². The zero-order valence-corrected chi connectivity index (χ0v) is 12.1. The maximum atomic E-state index is 5.84. The van der Waals surface area contributed by atoms with Crippen molar-refractivity contribution in [3.05, 3.63) is 29.8 Å². The minimum atomic E-state index is 0.459. The van der Waals surface area contributed by atoms with E-state index < -0.39 is 0 Å². The van der Waals surface area contributed by atoms with Crippen molar-refractivity contribution < 1.29 is 4.74 Å². The Morgan fingerprint density at radius 1 is 1.16 bits per heavy atom. The summed E-state index contributed by atoms with van der Waals surface area (Å²) in [7, 11) is 0. The van der Waals surface area contributed by atoms with Gasteiger partial charge < -0.3 is 10.1 Å². The Balaban J connectivity index is 1.76. The van der Waals surface area contributed by atoms with E-state index in [4.69, 9.17) is 4.74 Å². The van der Waals surface area contributed by atoms with Crippen molar-refractivity contribution >= 4 is 0 Å². The van der Waals surface area contributed by atoms with E-state index in [-0.39, 0.29) is 0 Å². The maximum absolute atomic E-state index is 5.84. The molecule has 0 amide bonds. The molecule has 2 nitrogen and oxygen atoms in total. The summed E-state index contributed by atoms with van der Waals surface area (Å²) in [5.41, 5.74) is 1.35. The zero-order valence-electron chi connectivity index (χ0n) is 12.1. The van der Waals surface area contributed by atoms with Crippen molar-refractivity contribution in [3.8, 4) is 5.75 Å². The fraction of sp³-hybridized carbons (Fsp3) is 0.647. The Bertz CT molecular complexity index is 431. The highest BCUT2D eigenvalue weighted by Crippen LogP contribution is 2.36. The van der Waals surface area contributed by atoms with Gasteiger partial charge in [-0.15, -0.1) is 0 Å². The molecule has 1 aromatic rings. The van der Waals surface area contributed by atoms with Gasteiger partial charge in [0.25, 0.3) is 0 Å². The van der Waals surface area contributed by atoms with E-state index in [0.29, 0.717) is 18.0 Å². The third-order valence-electron chi connectivity index (χ3n) is 4.68. The molecule has 1 N–H and O–H groups in total. The summed E-state index contributed by atoms with van der Waals surface area (Å²) in [6.45, 7) is 5.51. The van der Waals surface area contributed by atoms with Crippen LogP contribution in [0.2, 0.25) is 0 Å². The molecule has 1 aromatic carbocycles. The first-order valence-electron chi connectivity index (χ1n) is 7.72. The standard InChI is InChI=1S/C17H25NO/c1-12-6-5-7-14(10-12)18-17-13(2)11-19-16-9-4-3-8-15(16)17/h3-4,8-9,12-14,17-18H,5-7,10-11H2,1-2H3. The molecule has 104 valence electrons. The van der Waals surface area contributed by atoms with Crippen LogP contribution in [-0.4, -0.2) is 12.6 Å². The SMILES string of the molecule is CC1CCCC(NC2c3ccccc3OCC2C)C1. The van der Waals surface area contributed by atoms with Crippen LogP contribution in [-0.2, 0) is 0 Å². The molecular weight excluding hydrogens is 234 g/mol. The largest absolute Gasteiger partial charge is 0.493 e. The number of benzene rings is 1. The van der Waals surface area contributed by atoms with Crippen molar-refractivity contribution in [2.75, 3.05) is 6.61 Å². The number of rotatable bonds is 2. The monoisotopic (exact) mass is 259 g/mol. The van der Waals surface area contributed by atoms with E-state index in [1.54, 1.807) is 0 Å². The van der Waals surface area contributed by atoms with Gasteiger partial charge in [-0.3, -0.25) is 0 Å². The Labute approximate surface area is 116 Å². The molecule has 0 saturated heterocycles. The third-order valence-corrected chi connectivity index (χ3v) is 4.68. The van der Waals surface area contributed by atoms with Crippen LogP contribution in [0.1, 0.15) is 51.1 Å². The minimum absolute atomic E-state index is 0.459. The van der Waals surface area contributed by atoms with Gasteiger partial charge in [0.1, 0.15) is 5.75 Å². The molecule has 1 saturated carbocycles. The van der Waals surface area contributed by atoms with Gasteiger partial charge in [-0.05, 0) is 24.8 Å². The second-order valence-electron chi connectivity index (χ2n) is 6.44. The van der Waals surface area contributed by atoms with E-state index in [1.807, 2.05) is 0 Å². The topological polar surface area (TPSA) is 21.3 Å². The van der Waals surface area contributed by atoms with Gasteiger partial charge >= 0.3 is 0 Å². The first-order chi connectivity index (χ1) is 9.24. The summed E-state index contributed by atoms with van der Waals surface area (Å²) in [5.74, 6) is 2.49. The number of hydrogen-bond donors (Lipinski definition) is 1. The van der Waals surface area contributed by atoms with Gasteiger partial charge in [-0.25, -0.2) is 0 Å². The smallest absolute Gasteiger partial charge is 0.124 e. The fourth-order valence-electron chi connectivity index (χ4n) is 3.59. The number of nitrogens with one attached hydrogen (secondary N) is 1. The van der Waals surface area contributed by atoms with Crippen molar-refractivity contribution in [1.82, 2.24) is 5.32 Å². The molecule has 4 unspecified atom stereocenters. The molecule has 19 heavy (non-hydrogen) atoms. The quantitative estimate of drug-likeness (QED) is 0.869. The van der Waals surface area contributed by atoms with E-state index in [1.165, 1.54) is 31.2 Å². The summed E-state index contributed by atoms with van der Waals surface area (Å²) in [5, 5.41) is 3.91. The van der Waals surface area contributed by atoms with Crippen LogP contribution in [0.15, 0.2) is 24.3 Å². The Morgan fingerprint density at radius 2 is 2.00 bits per heavy atom. The molecule has 2 heteroatoms. The normalized spacial score (nSPS) is 34.4. The average molecular weight is 259 g/mol. The van der Waals surface area contributed by atoms with Crippen molar-refractivity contribution in [2.24, 2.45) is 11.8 Å². The van der Waals surface area contributed by atoms with Crippen LogP contribution >= 0.6 is 0 Å². The predicted molar refractivity (Wildman–Crippen MR) is 78.4 cm³/mol. The summed E-state index contributed by atoms with van der Waals surface area (Å²) < 4.78 is 5.84. The van der Waals surface area contributed by atoms with Crippen molar-refractivity contribution in [2.45, 2.75) is 51.6 Å². The summed E-state index contributed by atoms with van der Waals surface area (Å²) in [6.07, 6.45) is 5.43. The van der Waals surface area contributed by atoms with Gasteiger partial charge in [0.05, 0.1) is 6.61 Å². The van der Waals surface area contributed by atoms with Crippen LogP contribution in [0, 0.1) is 11.8 Å². The molecule has 0 radical (unpaired) electrons. The molecule has 1 aliphatic carbocycles. The lowest BCUT2D eigenvalue weighted by molar-refractivity contribution is 0.167. The average Bonchev–Trinajstić information content (AvgIpc) is 2.42. The van der Waals surface area contributed by atoms with E-state index in [0.717, 1.165) is 18.3 Å². The lowest BCUT2D eigenvalue weighted by Crippen LogP contribution is -2.41. The molecule has 0 spiro atoms. The lowest BCUT2D eigenvalue weighted by Gasteiger charge is -2.37. The van der Waals surface area contributed by atoms with Gasteiger partial charge in [-0.2, -0.15) is 0 Å². The number of fused-ring (bicyclic) bond motifs is 1. The van der Waals surface area contributed by atoms with E-state index >= 15 is 0 Å². The Morgan fingerprint density at radius 3 is 2.84 bits per heavy atom.